The zero-order chi connectivity index (χ0) is 16.2. The lowest BCUT2D eigenvalue weighted by Gasteiger charge is -2.26. The zero-order valence-electron chi connectivity index (χ0n) is 12.6. The van der Waals surface area contributed by atoms with Gasteiger partial charge in [-0.2, -0.15) is 0 Å². The summed E-state index contributed by atoms with van der Waals surface area (Å²) in [6, 6.07) is 14.5. The molecule has 0 unspecified atom stereocenters. The van der Waals surface area contributed by atoms with Crippen molar-refractivity contribution in [2.24, 2.45) is 0 Å². The third-order valence-electron chi connectivity index (χ3n) is 3.60. The molecule has 0 fully saturated rings. The Morgan fingerprint density at radius 2 is 1.83 bits per heavy atom. The quantitative estimate of drug-likeness (QED) is 0.755. The minimum atomic E-state index is -0.577. The van der Waals surface area contributed by atoms with Crippen LogP contribution in [0.15, 0.2) is 53.4 Å². The first-order valence-electron chi connectivity index (χ1n) is 7.26. The topological polar surface area (TPSA) is 70.2 Å². The number of hydrogen-bond donors (Lipinski definition) is 3. The Bertz CT molecular complexity index is 748. The maximum absolute atomic E-state index is 12.3. The summed E-state index contributed by atoms with van der Waals surface area (Å²) >= 11 is 1.57. The molecule has 2 aromatic carbocycles. The Morgan fingerprint density at radius 3 is 2.61 bits per heavy atom. The number of benzene rings is 2. The average molecular weight is 327 g/mol. The highest BCUT2D eigenvalue weighted by atomic mass is 32.2. The van der Waals surface area contributed by atoms with Crippen LogP contribution in [-0.4, -0.2) is 24.1 Å². The molecule has 5 nitrogen and oxygen atoms in total. The zero-order valence-corrected chi connectivity index (χ0v) is 13.4. The molecule has 1 atom stereocenters. The highest BCUT2D eigenvalue weighted by Crippen LogP contribution is 2.28. The fourth-order valence-corrected chi connectivity index (χ4v) is 3.02. The average Bonchev–Trinajstić information content (AvgIpc) is 2.56. The van der Waals surface area contributed by atoms with Crippen LogP contribution < -0.4 is 16.0 Å². The van der Waals surface area contributed by atoms with Crippen LogP contribution in [-0.2, 0) is 9.59 Å². The number of thioether (sulfide) groups is 1. The van der Waals surface area contributed by atoms with Gasteiger partial charge in [0.2, 0.25) is 11.8 Å². The van der Waals surface area contributed by atoms with E-state index in [2.05, 4.69) is 16.0 Å². The fraction of sp³-hybridized carbons (Fsp3) is 0.176. The molecule has 0 aromatic heterocycles. The first-order chi connectivity index (χ1) is 11.2. The van der Waals surface area contributed by atoms with Crippen molar-refractivity contribution in [1.29, 1.82) is 0 Å². The van der Waals surface area contributed by atoms with E-state index in [0.717, 1.165) is 22.0 Å². The summed E-state index contributed by atoms with van der Waals surface area (Å²) in [5.41, 5.74) is 2.33. The van der Waals surface area contributed by atoms with Crippen molar-refractivity contribution < 1.29 is 9.59 Å². The Kier molecular flexibility index (Phi) is 4.52. The lowest BCUT2D eigenvalue weighted by atomic mass is 10.1. The van der Waals surface area contributed by atoms with E-state index in [4.69, 9.17) is 0 Å². The molecule has 23 heavy (non-hydrogen) atoms. The molecule has 118 valence electrons. The van der Waals surface area contributed by atoms with Crippen LogP contribution in [0, 0.1) is 0 Å². The van der Waals surface area contributed by atoms with E-state index in [1.807, 2.05) is 54.8 Å². The Hall–Kier alpha value is -2.47. The summed E-state index contributed by atoms with van der Waals surface area (Å²) < 4.78 is 0. The third-order valence-corrected chi connectivity index (χ3v) is 4.40. The van der Waals surface area contributed by atoms with Crippen molar-refractivity contribution in [2.75, 3.05) is 22.2 Å². The maximum Gasteiger partial charge on any atom is 0.247 e. The van der Waals surface area contributed by atoms with Gasteiger partial charge in [0.25, 0.3) is 0 Å². The van der Waals surface area contributed by atoms with Crippen molar-refractivity contribution in [3.63, 3.8) is 0 Å². The van der Waals surface area contributed by atoms with Gasteiger partial charge in [-0.15, -0.1) is 11.8 Å². The third kappa shape index (κ3) is 3.48. The number of nitrogens with one attached hydrogen (secondary N) is 3. The van der Waals surface area contributed by atoms with Gasteiger partial charge in [0.05, 0.1) is 23.5 Å². The second-order valence-electron chi connectivity index (χ2n) is 5.18. The molecule has 3 rings (SSSR count). The highest BCUT2D eigenvalue weighted by Gasteiger charge is 2.27. The Morgan fingerprint density at radius 1 is 1.13 bits per heavy atom. The van der Waals surface area contributed by atoms with E-state index in [-0.39, 0.29) is 18.2 Å². The molecule has 1 heterocycles. The van der Waals surface area contributed by atoms with Gasteiger partial charge in [-0.3, -0.25) is 9.59 Å². The van der Waals surface area contributed by atoms with Gasteiger partial charge in [-0.05, 0) is 30.5 Å². The SMILES string of the molecule is CSc1ccccc1NC(=O)C[C@H]1Nc2ccccc2NC1=O. The second-order valence-corrected chi connectivity index (χ2v) is 6.03. The number of para-hydroxylation sites is 3. The van der Waals surface area contributed by atoms with Crippen molar-refractivity contribution in [1.82, 2.24) is 0 Å². The van der Waals surface area contributed by atoms with E-state index in [0.29, 0.717) is 0 Å². The molecular weight excluding hydrogens is 310 g/mol. The lowest BCUT2D eigenvalue weighted by Crippen LogP contribution is -2.41. The summed E-state index contributed by atoms with van der Waals surface area (Å²) in [6.07, 6.45) is 2.03. The van der Waals surface area contributed by atoms with Crippen molar-refractivity contribution in [3.8, 4) is 0 Å². The van der Waals surface area contributed by atoms with Crippen LogP contribution in [0.2, 0.25) is 0 Å². The molecule has 0 bridgehead atoms. The standard InChI is InChI=1S/C17H17N3O2S/c1-23-15-9-5-4-8-13(15)19-16(21)10-14-17(22)20-12-7-3-2-6-11(12)18-14/h2-9,14,18H,10H2,1H3,(H,19,21)(H,20,22)/t14-/m1/s1. The predicted molar refractivity (Wildman–Crippen MR) is 94.0 cm³/mol. The summed E-state index contributed by atoms with van der Waals surface area (Å²) in [6.45, 7) is 0. The van der Waals surface area contributed by atoms with Gasteiger partial charge in [-0.25, -0.2) is 0 Å². The molecule has 2 aromatic rings. The smallest absolute Gasteiger partial charge is 0.247 e. The first kappa shape index (κ1) is 15.4. The van der Waals surface area contributed by atoms with Crippen molar-refractivity contribution in [3.05, 3.63) is 48.5 Å². The molecule has 6 heteroatoms. The van der Waals surface area contributed by atoms with Gasteiger partial charge < -0.3 is 16.0 Å². The van der Waals surface area contributed by atoms with E-state index in [9.17, 15) is 9.59 Å². The van der Waals surface area contributed by atoms with E-state index in [1.165, 1.54) is 0 Å². The summed E-state index contributed by atoms with van der Waals surface area (Å²) in [4.78, 5) is 25.4. The molecule has 0 radical (unpaired) electrons. The summed E-state index contributed by atoms with van der Waals surface area (Å²) in [7, 11) is 0. The number of fused-ring (bicyclic) bond motifs is 1. The van der Waals surface area contributed by atoms with Gasteiger partial charge in [-0.1, -0.05) is 24.3 Å². The number of anilines is 3. The number of rotatable bonds is 4. The van der Waals surface area contributed by atoms with Crippen LogP contribution in [0.1, 0.15) is 6.42 Å². The van der Waals surface area contributed by atoms with Crippen LogP contribution in [0.5, 0.6) is 0 Å². The number of carbonyl (C=O) groups is 2. The second kappa shape index (κ2) is 6.75. The largest absolute Gasteiger partial charge is 0.372 e. The molecule has 0 spiro atoms. The van der Waals surface area contributed by atoms with Crippen LogP contribution in [0.25, 0.3) is 0 Å². The van der Waals surface area contributed by atoms with Crippen LogP contribution >= 0.6 is 11.8 Å². The number of amides is 2. The number of hydrogen-bond acceptors (Lipinski definition) is 4. The molecule has 0 saturated carbocycles. The van der Waals surface area contributed by atoms with E-state index < -0.39 is 6.04 Å². The van der Waals surface area contributed by atoms with Gasteiger partial charge >= 0.3 is 0 Å². The van der Waals surface area contributed by atoms with E-state index >= 15 is 0 Å². The van der Waals surface area contributed by atoms with Gasteiger partial charge in [0.15, 0.2) is 0 Å². The predicted octanol–water partition coefficient (Wildman–Crippen LogP) is 3.17. The van der Waals surface area contributed by atoms with Gasteiger partial charge in [0, 0.05) is 4.90 Å². The molecule has 2 amide bonds. The monoisotopic (exact) mass is 327 g/mol. The lowest BCUT2D eigenvalue weighted by molar-refractivity contribution is -0.122. The minimum Gasteiger partial charge on any atom is -0.372 e. The molecule has 1 aliphatic rings. The number of carbonyl (C=O) groups excluding carboxylic acids is 2. The summed E-state index contributed by atoms with van der Waals surface area (Å²) in [5, 5.41) is 8.80. The Labute approximate surface area is 138 Å². The molecule has 0 aliphatic carbocycles. The molecular formula is C17H17N3O2S. The molecule has 0 saturated heterocycles. The minimum absolute atomic E-state index is 0.0723. The highest BCUT2D eigenvalue weighted by molar-refractivity contribution is 7.98. The first-order valence-corrected chi connectivity index (χ1v) is 8.49. The normalized spacial score (nSPS) is 16.0. The summed E-state index contributed by atoms with van der Waals surface area (Å²) in [5.74, 6) is -0.393. The van der Waals surface area contributed by atoms with Gasteiger partial charge in [0.1, 0.15) is 6.04 Å². The maximum atomic E-state index is 12.3. The fourth-order valence-electron chi connectivity index (χ4n) is 2.47. The molecule has 1 aliphatic heterocycles. The van der Waals surface area contributed by atoms with Crippen molar-refractivity contribution in [2.45, 2.75) is 17.4 Å². The van der Waals surface area contributed by atoms with Crippen molar-refractivity contribution >= 4 is 40.6 Å². The van der Waals surface area contributed by atoms with Crippen LogP contribution in [0.3, 0.4) is 0 Å². The Balaban J connectivity index is 1.68. The molecule has 3 N–H and O–H groups in total. The van der Waals surface area contributed by atoms with E-state index in [1.54, 1.807) is 11.8 Å². The van der Waals surface area contributed by atoms with Crippen LogP contribution in [0.4, 0.5) is 17.1 Å².